The van der Waals surface area contributed by atoms with E-state index in [0.717, 1.165) is 0 Å². The van der Waals surface area contributed by atoms with E-state index in [9.17, 15) is 14.4 Å². The second-order valence-corrected chi connectivity index (χ2v) is 11.4. The Labute approximate surface area is 294 Å². The summed E-state index contributed by atoms with van der Waals surface area (Å²) in [6.07, 6.45) is 1.72. The summed E-state index contributed by atoms with van der Waals surface area (Å²) in [5.74, 6) is 2.01. The average Bonchev–Trinajstić information content (AvgIpc) is 3.62. The molecule has 6 bridgehead atoms. The molecule has 50 heavy (non-hydrogen) atoms. The summed E-state index contributed by atoms with van der Waals surface area (Å²) < 4.78 is 34.8. The fourth-order valence-corrected chi connectivity index (χ4v) is 5.67. The third-order valence-electron chi connectivity index (χ3n) is 8.36. The van der Waals surface area contributed by atoms with Crippen LogP contribution in [0.1, 0.15) is 45.1 Å². The predicted molar refractivity (Wildman–Crippen MR) is 182 cm³/mol. The maximum Gasteiger partial charge on any atom is 0.275 e. The Hall–Kier alpha value is -5.47. The van der Waals surface area contributed by atoms with Crippen LogP contribution in [0.5, 0.6) is 34.5 Å². The second-order valence-electron chi connectivity index (χ2n) is 11.4. The number of hydrogen-bond acceptors (Lipinski definition) is 11. The lowest BCUT2D eigenvalue weighted by atomic mass is 9.89. The van der Waals surface area contributed by atoms with E-state index in [2.05, 4.69) is 15.6 Å². The van der Waals surface area contributed by atoms with Gasteiger partial charge in [0.1, 0.15) is 35.9 Å². The highest BCUT2D eigenvalue weighted by molar-refractivity contribution is 5.95. The first-order valence-corrected chi connectivity index (χ1v) is 15.8. The number of halogens is 1. The van der Waals surface area contributed by atoms with E-state index in [1.54, 1.807) is 65.6 Å². The maximum absolute atomic E-state index is 14.0. The summed E-state index contributed by atoms with van der Waals surface area (Å²) in [5, 5.41) is 5.87. The van der Waals surface area contributed by atoms with Crippen molar-refractivity contribution in [2.24, 2.45) is 5.73 Å². The Balaban J connectivity index is 0.00000486. The molecule has 1 spiro atoms. The van der Waals surface area contributed by atoms with E-state index >= 15 is 0 Å². The van der Waals surface area contributed by atoms with Crippen molar-refractivity contribution >= 4 is 30.1 Å². The summed E-state index contributed by atoms with van der Waals surface area (Å²) >= 11 is 0. The average molecular weight is 708 g/mol. The molecule has 1 aromatic heterocycles. The number of piperidine rings is 1. The SMILES string of the molecule is COc1cc2ccc1CNC(=O)C1(CCN(C(=O)c3coc(CN)n3)CC1)Oc1ccc(cc1)OCCNC(=O)c1ccc(OC)c(c1)O2.Cl. The minimum absolute atomic E-state index is 0. The van der Waals surface area contributed by atoms with Crippen LogP contribution in [0.25, 0.3) is 0 Å². The van der Waals surface area contributed by atoms with Crippen molar-refractivity contribution in [1.29, 1.82) is 0 Å². The lowest BCUT2D eigenvalue weighted by Crippen LogP contribution is -2.58. The Kier molecular flexibility index (Phi) is 11.3. The van der Waals surface area contributed by atoms with Gasteiger partial charge in [0.25, 0.3) is 17.7 Å². The standard InChI is InChI=1S/C35H37N5O9.ClH/c1-44-28-10-4-22-17-30(28)48-26-5-3-23(29(18-26)45-2)20-38-34(43)35(49-25-8-6-24(7-9-25)46-16-13-37-32(22)41)11-14-40(15-12-35)33(42)27-21-47-31(19-36)39-27;/h3-10,17-18,21H,11-16,19-20,36H2,1-2H3,(H,37,41)(H,38,43);1H. The Morgan fingerprint density at radius 3 is 2.36 bits per heavy atom. The normalized spacial score (nSPS) is 15.9. The molecule has 0 aliphatic carbocycles. The predicted octanol–water partition coefficient (Wildman–Crippen LogP) is 3.86. The van der Waals surface area contributed by atoms with Crippen molar-refractivity contribution in [2.75, 3.05) is 40.5 Å². The number of likely N-dealkylation sites (tertiary alicyclic amines) is 1. The first-order chi connectivity index (χ1) is 23.8. The van der Waals surface area contributed by atoms with E-state index in [-0.39, 0.29) is 93.9 Å². The number of nitrogens with one attached hydrogen (secondary N) is 2. The van der Waals surface area contributed by atoms with Gasteiger partial charge in [0.2, 0.25) is 5.89 Å². The molecule has 15 heteroatoms. The van der Waals surface area contributed by atoms with Crippen LogP contribution in [0.3, 0.4) is 0 Å². The summed E-state index contributed by atoms with van der Waals surface area (Å²) in [7, 11) is 3.04. The summed E-state index contributed by atoms with van der Waals surface area (Å²) in [6.45, 7) is 1.15. The van der Waals surface area contributed by atoms with Crippen molar-refractivity contribution in [1.82, 2.24) is 20.5 Å². The molecule has 3 aromatic carbocycles. The van der Waals surface area contributed by atoms with Gasteiger partial charge in [0, 0.05) is 49.7 Å². The topological polar surface area (TPSA) is 177 Å². The van der Waals surface area contributed by atoms with Gasteiger partial charge < -0.3 is 49.4 Å². The van der Waals surface area contributed by atoms with Crippen LogP contribution in [0.2, 0.25) is 0 Å². The smallest absolute Gasteiger partial charge is 0.275 e. The lowest BCUT2D eigenvalue weighted by Gasteiger charge is -2.40. The Morgan fingerprint density at radius 2 is 1.66 bits per heavy atom. The fourth-order valence-electron chi connectivity index (χ4n) is 5.67. The largest absolute Gasteiger partial charge is 0.496 e. The van der Waals surface area contributed by atoms with Crippen LogP contribution in [-0.4, -0.2) is 73.7 Å². The van der Waals surface area contributed by atoms with Crippen LogP contribution in [0.4, 0.5) is 0 Å². The molecule has 3 amide bonds. The van der Waals surface area contributed by atoms with E-state index < -0.39 is 5.60 Å². The first-order valence-electron chi connectivity index (χ1n) is 15.8. The zero-order valence-corrected chi connectivity index (χ0v) is 28.4. The van der Waals surface area contributed by atoms with Crippen molar-refractivity contribution in [3.8, 4) is 34.5 Å². The lowest BCUT2D eigenvalue weighted by molar-refractivity contribution is -0.141. The van der Waals surface area contributed by atoms with Crippen LogP contribution in [-0.2, 0) is 17.9 Å². The molecule has 0 atom stereocenters. The quantitative estimate of drug-likeness (QED) is 0.281. The molecule has 4 aromatic rings. The van der Waals surface area contributed by atoms with Gasteiger partial charge in [-0.1, -0.05) is 0 Å². The number of oxazole rings is 1. The molecule has 1 fully saturated rings. The van der Waals surface area contributed by atoms with E-state index in [1.165, 1.54) is 20.5 Å². The molecule has 5 aliphatic heterocycles. The Bertz CT molecular complexity index is 1820. The van der Waals surface area contributed by atoms with Gasteiger partial charge in [0.15, 0.2) is 22.8 Å². The number of methoxy groups -OCH3 is 2. The number of rotatable bonds is 4. The maximum atomic E-state index is 14.0. The molecular weight excluding hydrogens is 670 g/mol. The van der Waals surface area contributed by atoms with E-state index in [0.29, 0.717) is 45.6 Å². The molecular formula is C35H38ClN5O9. The fraction of sp³-hybridized carbons (Fsp3) is 0.314. The number of nitrogens with two attached hydrogens (primary N) is 1. The van der Waals surface area contributed by atoms with Crippen LogP contribution in [0.15, 0.2) is 71.3 Å². The van der Waals surface area contributed by atoms with Crippen LogP contribution < -0.4 is 40.1 Å². The minimum Gasteiger partial charge on any atom is -0.496 e. The highest BCUT2D eigenvalue weighted by atomic mass is 35.5. The minimum atomic E-state index is -1.29. The Morgan fingerprint density at radius 1 is 0.940 bits per heavy atom. The van der Waals surface area contributed by atoms with E-state index in [4.69, 9.17) is 33.8 Å². The molecule has 6 heterocycles. The summed E-state index contributed by atoms with van der Waals surface area (Å²) in [5.41, 5.74) is 5.53. The zero-order chi connectivity index (χ0) is 34.4. The van der Waals surface area contributed by atoms with Gasteiger partial charge in [-0.2, -0.15) is 0 Å². The first kappa shape index (κ1) is 35.8. The number of ether oxygens (including phenoxy) is 5. The molecule has 1 saturated heterocycles. The molecule has 0 unspecified atom stereocenters. The van der Waals surface area contributed by atoms with Gasteiger partial charge in [0.05, 0.1) is 27.3 Å². The summed E-state index contributed by atoms with van der Waals surface area (Å²) in [4.78, 5) is 45.8. The molecule has 0 radical (unpaired) electrons. The summed E-state index contributed by atoms with van der Waals surface area (Å²) in [6, 6.07) is 17.0. The number of aromatic nitrogens is 1. The number of benzene rings is 3. The highest BCUT2D eigenvalue weighted by Gasteiger charge is 2.45. The number of hydrogen-bond donors (Lipinski definition) is 3. The van der Waals surface area contributed by atoms with Gasteiger partial charge in [-0.25, -0.2) is 4.98 Å². The molecule has 264 valence electrons. The molecule has 5 aliphatic rings. The third-order valence-corrected chi connectivity index (χ3v) is 8.36. The van der Waals surface area contributed by atoms with Crippen LogP contribution >= 0.6 is 12.4 Å². The number of carbonyl (C=O) groups is 3. The van der Waals surface area contributed by atoms with Gasteiger partial charge in [-0.15, -0.1) is 12.4 Å². The van der Waals surface area contributed by atoms with Crippen molar-refractivity contribution < 1.29 is 42.5 Å². The van der Waals surface area contributed by atoms with Crippen molar-refractivity contribution in [2.45, 2.75) is 31.5 Å². The van der Waals surface area contributed by atoms with Crippen LogP contribution in [0, 0.1) is 0 Å². The van der Waals surface area contributed by atoms with Gasteiger partial charge >= 0.3 is 0 Å². The number of nitrogens with zero attached hydrogens (tertiary/aromatic N) is 2. The van der Waals surface area contributed by atoms with Gasteiger partial charge in [-0.3, -0.25) is 14.4 Å². The molecule has 0 saturated carbocycles. The van der Waals surface area contributed by atoms with Crippen molar-refractivity contribution in [3.05, 3.63) is 89.6 Å². The number of amides is 3. The third kappa shape index (κ3) is 7.87. The highest BCUT2D eigenvalue weighted by Crippen LogP contribution is 2.36. The molecule has 9 rings (SSSR count). The number of carbonyl (C=O) groups excluding carboxylic acids is 3. The monoisotopic (exact) mass is 707 g/mol. The van der Waals surface area contributed by atoms with E-state index in [1.807, 2.05) is 0 Å². The molecule has 4 N–H and O–H groups in total. The second kappa shape index (κ2) is 15.8. The van der Waals surface area contributed by atoms with Crippen molar-refractivity contribution in [3.63, 3.8) is 0 Å². The zero-order valence-electron chi connectivity index (χ0n) is 27.6. The van der Waals surface area contributed by atoms with Gasteiger partial charge in [-0.05, 0) is 54.6 Å². The molecule has 14 nitrogen and oxygen atoms in total.